The van der Waals surface area contributed by atoms with E-state index in [-0.39, 0.29) is 5.91 Å². The molecule has 0 saturated carbocycles. The number of likely N-dealkylation sites (N-methyl/N-ethyl adjacent to an activating group) is 1. The van der Waals surface area contributed by atoms with Gasteiger partial charge in [-0.25, -0.2) is 4.79 Å². The molecule has 164 valence electrons. The Kier molecular flexibility index (Phi) is 6.93. The van der Waals surface area contributed by atoms with Crippen molar-refractivity contribution in [3.8, 4) is 11.8 Å². The third-order valence-corrected chi connectivity index (χ3v) is 4.77. The molecule has 0 aliphatic carbocycles. The maximum atomic E-state index is 12.4. The minimum absolute atomic E-state index is 0.224. The van der Waals surface area contributed by atoms with Crippen LogP contribution in [0.1, 0.15) is 24.2 Å². The van der Waals surface area contributed by atoms with Crippen LogP contribution >= 0.6 is 0 Å². The SMILES string of the molecule is CCN(CC)CCNC(=O)c1cnc2ccc(NC(=O)On3c(O)ccc3O)cc2c1. The first kappa shape index (κ1) is 21.9. The molecule has 0 spiro atoms. The molecule has 0 radical (unpaired) electrons. The number of amides is 2. The molecule has 10 nitrogen and oxygen atoms in total. The van der Waals surface area contributed by atoms with E-state index >= 15 is 0 Å². The number of benzene rings is 1. The van der Waals surface area contributed by atoms with Crippen LogP contribution in [0, 0.1) is 0 Å². The molecular formula is C21H25N5O5. The molecule has 0 bridgehead atoms. The second kappa shape index (κ2) is 9.81. The van der Waals surface area contributed by atoms with Gasteiger partial charge >= 0.3 is 6.09 Å². The number of nitrogens with one attached hydrogen (secondary N) is 2. The molecule has 10 heteroatoms. The fraction of sp³-hybridized carbons (Fsp3) is 0.286. The topological polar surface area (TPSA) is 129 Å². The number of fused-ring (bicyclic) bond motifs is 1. The van der Waals surface area contributed by atoms with Gasteiger partial charge in [0.2, 0.25) is 11.8 Å². The molecule has 0 atom stereocenters. The Bertz CT molecular complexity index is 1060. The molecule has 0 unspecified atom stereocenters. The number of pyridine rings is 1. The first-order valence-electron chi connectivity index (χ1n) is 9.90. The lowest BCUT2D eigenvalue weighted by molar-refractivity contribution is 0.0948. The van der Waals surface area contributed by atoms with Gasteiger partial charge in [0.05, 0.1) is 11.1 Å². The van der Waals surface area contributed by atoms with E-state index < -0.39 is 17.9 Å². The number of carbonyl (C=O) groups excluding carboxylic acids is 2. The van der Waals surface area contributed by atoms with Crippen LogP contribution in [0.25, 0.3) is 10.9 Å². The number of hydrogen-bond acceptors (Lipinski definition) is 7. The summed E-state index contributed by atoms with van der Waals surface area (Å²) in [4.78, 5) is 35.9. The van der Waals surface area contributed by atoms with Crippen LogP contribution < -0.4 is 15.5 Å². The Morgan fingerprint density at radius 3 is 2.48 bits per heavy atom. The number of aromatic hydroxyl groups is 2. The van der Waals surface area contributed by atoms with Crippen molar-refractivity contribution < 1.29 is 24.6 Å². The fourth-order valence-electron chi connectivity index (χ4n) is 3.02. The van der Waals surface area contributed by atoms with Crippen molar-refractivity contribution in [3.05, 3.63) is 48.2 Å². The second-order valence-corrected chi connectivity index (χ2v) is 6.76. The molecule has 1 aromatic carbocycles. The van der Waals surface area contributed by atoms with Gasteiger partial charge in [0, 0.05) is 42.5 Å². The van der Waals surface area contributed by atoms with Crippen LogP contribution in [0.2, 0.25) is 0 Å². The quantitative estimate of drug-likeness (QED) is 0.434. The lowest BCUT2D eigenvalue weighted by atomic mass is 10.1. The van der Waals surface area contributed by atoms with Crippen molar-refractivity contribution in [1.82, 2.24) is 19.9 Å². The zero-order chi connectivity index (χ0) is 22.4. The zero-order valence-electron chi connectivity index (χ0n) is 17.3. The molecule has 31 heavy (non-hydrogen) atoms. The maximum Gasteiger partial charge on any atom is 0.436 e. The van der Waals surface area contributed by atoms with Gasteiger partial charge < -0.3 is 25.3 Å². The summed E-state index contributed by atoms with van der Waals surface area (Å²) >= 11 is 0. The highest BCUT2D eigenvalue weighted by Gasteiger charge is 2.13. The largest absolute Gasteiger partial charge is 0.492 e. The lowest BCUT2D eigenvalue weighted by Crippen LogP contribution is -2.34. The Labute approximate surface area is 179 Å². The van der Waals surface area contributed by atoms with Gasteiger partial charge in [0.25, 0.3) is 5.91 Å². The number of carbonyl (C=O) groups is 2. The van der Waals surface area contributed by atoms with Crippen LogP contribution in [0.3, 0.4) is 0 Å². The van der Waals surface area contributed by atoms with Crippen LogP contribution in [0.5, 0.6) is 11.8 Å². The van der Waals surface area contributed by atoms with Crippen LogP contribution in [-0.4, -0.2) is 63.0 Å². The highest BCUT2D eigenvalue weighted by molar-refractivity contribution is 5.98. The maximum absolute atomic E-state index is 12.4. The van der Waals surface area contributed by atoms with Gasteiger partial charge in [0.1, 0.15) is 0 Å². The van der Waals surface area contributed by atoms with Gasteiger partial charge in [-0.2, -0.15) is 0 Å². The van der Waals surface area contributed by atoms with Crippen molar-refractivity contribution in [2.75, 3.05) is 31.5 Å². The monoisotopic (exact) mass is 427 g/mol. The minimum Gasteiger partial charge on any atom is -0.492 e. The van der Waals surface area contributed by atoms with E-state index in [1.807, 2.05) is 0 Å². The van der Waals surface area contributed by atoms with Gasteiger partial charge in [0.15, 0.2) is 0 Å². The average Bonchev–Trinajstić information content (AvgIpc) is 3.08. The van der Waals surface area contributed by atoms with E-state index in [0.29, 0.717) is 33.4 Å². The van der Waals surface area contributed by atoms with Gasteiger partial charge in [-0.1, -0.05) is 13.8 Å². The molecule has 2 amide bonds. The summed E-state index contributed by atoms with van der Waals surface area (Å²) in [5, 5.41) is 25.1. The first-order chi connectivity index (χ1) is 14.9. The van der Waals surface area contributed by atoms with Gasteiger partial charge in [-0.3, -0.25) is 15.1 Å². The number of nitrogens with zero attached hydrogens (tertiary/aromatic N) is 3. The summed E-state index contributed by atoms with van der Waals surface area (Å²) in [6.45, 7) is 7.29. The van der Waals surface area contributed by atoms with Crippen molar-refractivity contribution in [1.29, 1.82) is 0 Å². The molecule has 2 heterocycles. The summed E-state index contributed by atoms with van der Waals surface area (Å²) in [6.07, 6.45) is 0.591. The van der Waals surface area contributed by atoms with E-state index in [1.54, 1.807) is 24.3 Å². The Morgan fingerprint density at radius 1 is 1.10 bits per heavy atom. The van der Waals surface area contributed by atoms with E-state index in [2.05, 4.69) is 34.4 Å². The van der Waals surface area contributed by atoms with Crippen molar-refractivity contribution in [2.24, 2.45) is 0 Å². The highest BCUT2D eigenvalue weighted by Crippen LogP contribution is 2.21. The summed E-state index contributed by atoms with van der Waals surface area (Å²) in [6, 6.07) is 9.01. The van der Waals surface area contributed by atoms with Crippen LogP contribution in [0.15, 0.2) is 42.6 Å². The summed E-state index contributed by atoms with van der Waals surface area (Å²) < 4.78 is 0.582. The summed E-state index contributed by atoms with van der Waals surface area (Å²) in [5.74, 6) is -1.07. The normalized spacial score (nSPS) is 10.9. The van der Waals surface area contributed by atoms with E-state index in [4.69, 9.17) is 4.84 Å². The number of aromatic nitrogens is 2. The predicted molar refractivity (Wildman–Crippen MR) is 115 cm³/mol. The Balaban J connectivity index is 1.67. The molecule has 0 aliphatic heterocycles. The molecule has 3 rings (SSSR count). The van der Waals surface area contributed by atoms with Gasteiger partial charge in [-0.15, -0.1) is 4.73 Å². The predicted octanol–water partition coefficient (Wildman–Crippen LogP) is 2.18. The second-order valence-electron chi connectivity index (χ2n) is 6.76. The van der Waals surface area contributed by atoms with Gasteiger partial charge in [-0.05, 0) is 37.4 Å². The number of anilines is 1. The zero-order valence-corrected chi connectivity index (χ0v) is 17.3. The van der Waals surface area contributed by atoms with Crippen molar-refractivity contribution >= 4 is 28.6 Å². The third kappa shape index (κ3) is 5.43. The molecule has 4 N–H and O–H groups in total. The molecule has 3 aromatic rings. The highest BCUT2D eigenvalue weighted by atomic mass is 16.7. The van der Waals surface area contributed by atoms with Crippen molar-refractivity contribution in [3.63, 3.8) is 0 Å². The summed E-state index contributed by atoms with van der Waals surface area (Å²) in [7, 11) is 0. The van der Waals surface area contributed by atoms with Crippen LogP contribution in [0.4, 0.5) is 10.5 Å². The third-order valence-electron chi connectivity index (χ3n) is 4.77. The van der Waals surface area contributed by atoms with E-state index in [1.165, 1.54) is 18.3 Å². The minimum atomic E-state index is -0.917. The molecule has 0 aliphatic rings. The Morgan fingerprint density at radius 2 is 1.81 bits per heavy atom. The van der Waals surface area contributed by atoms with E-state index in [0.717, 1.165) is 19.6 Å². The molecule has 2 aromatic heterocycles. The number of rotatable bonds is 8. The smallest absolute Gasteiger partial charge is 0.436 e. The van der Waals surface area contributed by atoms with E-state index in [9.17, 15) is 19.8 Å². The molecule has 0 saturated heterocycles. The Hall–Kier alpha value is -3.79. The first-order valence-corrected chi connectivity index (χ1v) is 9.90. The fourth-order valence-corrected chi connectivity index (χ4v) is 3.02. The van der Waals surface area contributed by atoms with Crippen LogP contribution in [-0.2, 0) is 0 Å². The molecule has 0 fully saturated rings. The lowest BCUT2D eigenvalue weighted by Gasteiger charge is -2.17. The number of hydrogen-bond donors (Lipinski definition) is 4. The standard InChI is InChI=1S/C21H25N5O5/c1-3-25(4-2)10-9-22-20(29)15-11-14-12-16(5-6-17(14)23-13-15)24-21(30)31-26-18(27)7-8-19(26)28/h5-8,11-13,27-28H,3-4,9-10H2,1-2H3,(H,22,29)(H,24,30). The van der Waals surface area contributed by atoms with Crippen molar-refractivity contribution in [2.45, 2.75) is 13.8 Å². The summed E-state index contributed by atoms with van der Waals surface area (Å²) in [5.41, 5.74) is 1.46. The molecular weight excluding hydrogens is 402 g/mol. The average molecular weight is 427 g/mol.